The molecule has 0 radical (unpaired) electrons. The predicted molar refractivity (Wildman–Crippen MR) is 75.8 cm³/mol. The highest BCUT2D eigenvalue weighted by atomic mass is 35.5. The summed E-state index contributed by atoms with van der Waals surface area (Å²) < 4.78 is 0. The van der Waals surface area contributed by atoms with Crippen molar-refractivity contribution in [3.05, 3.63) is 39.9 Å². The van der Waals surface area contributed by atoms with Gasteiger partial charge < -0.3 is 0 Å². The van der Waals surface area contributed by atoms with Crippen molar-refractivity contribution in [1.82, 2.24) is 15.8 Å². The summed E-state index contributed by atoms with van der Waals surface area (Å²) in [6.07, 6.45) is 1.11. The monoisotopic (exact) mass is 279 g/mol. The van der Waals surface area contributed by atoms with Gasteiger partial charge in [0.15, 0.2) is 0 Å². The molecule has 2 aromatic rings. The van der Waals surface area contributed by atoms with Crippen molar-refractivity contribution in [2.45, 2.75) is 19.4 Å². The Labute approximate surface area is 115 Å². The molecule has 1 atom stereocenters. The third-order valence-electron chi connectivity index (χ3n) is 3.07. The van der Waals surface area contributed by atoms with E-state index in [9.17, 15) is 0 Å². The smallest absolute Gasteiger partial charge is 0.123 e. The minimum Gasteiger partial charge on any atom is -0.257 e. The average molecular weight is 280 g/mol. The molecule has 2 heterocycles. The molecule has 1 aromatic carbocycles. The third-order valence-corrected chi connectivity index (χ3v) is 4.65. The highest BCUT2D eigenvalue weighted by Gasteiger charge is 2.21. The lowest BCUT2D eigenvalue weighted by molar-refractivity contribution is 0.585. The van der Waals surface area contributed by atoms with Crippen molar-refractivity contribution >= 4 is 22.9 Å². The molecule has 18 heavy (non-hydrogen) atoms. The van der Waals surface area contributed by atoms with Gasteiger partial charge in [0, 0.05) is 22.0 Å². The van der Waals surface area contributed by atoms with Gasteiger partial charge in [-0.3, -0.25) is 5.43 Å². The summed E-state index contributed by atoms with van der Waals surface area (Å²) in [7, 11) is 0. The molecule has 94 valence electrons. The molecule has 1 aliphatic rings. The Hall–Kier alpha value is -0.940. The summed E-state index contributed by atoms with van der Waals surface area (Å²) in [5.74, 6) is 0. The van der Waals surface area contributed by atoms with Gasteiger partial charge in [-0.25, -0.2) is 10.4 Å². The van der Waals surface area contributed by atoms with Crippen molar-refractivity contribution in [3.8, 4) is 10.6 Å². The second-order valence-electron chi connectivity index (χ2n) is 4.39. The number of hydrogen-bond acceptors (Lipinski definition) is 4. The minimum atomic E-state index is 0.392. The first-order valence-electron chi connectivity index (χ1n) is 5.95. The summed E-state index contributed by atoms with van der Waals surface area (Å²) in [5.41, 5.74) is 8.70. The van der Waals surface area contributed by atoms with Crippen molar-refractivity contribution in [2.24, 2.45) is 0 Å². The largest absolute Gasteiger partial charge is 0.257 e. The number of benzene rings is 1. The maximum atomic E-state index is 5.90. The van der Waals surface area contributed by atoms with Crippen molar-refractivity contribution in [1.29, 1.82) is 0 Å². The third kappa shape index (κ3) is 2.29. The molecule has 1 aliphatic heterocycles. The van der Waals surface area contributed by atoms with E-state index in [-0.39, 0.29) is 0 Å². The topological polar surface area (TPSA) is 37.0 Å². The fraction of sp³-hybridized carbons (Fsp3) is 0.308. The van der Waals surface area contributed by atoms with Gasteiger partial charge in [-0.1, -0.05) is 23.7 Å². The Balaban J connectivity index is 1.94. The highest BCUT2D eigenvalue weighted by molar-refractivity contribution is 7.15. The Morgan fingerprint density at radius 2 is 2.11 bits per heavy atom. The van der Waals surface area contributed by atoms with Crippen LogP contribution in [0.4, 0.5) is 0 Å². The zero-order valence-corrected chi connectivity index (χ0v) is 11.6. The summed E-state index contributed by atoms with van der Waals surface area (Å²) >= 11 is 7.66. The molecule has 0 spiro atoms. The molecule has 1 fully saturated rings. The molecule has 0 aliphatic carbocycles. The predicted octanol–water partition coefficient (Wildman–Crippen LogP) is 3.31. The van der Waals surface area contributed by atoms with E-state index < -0.39 is 0 Å². The number of aromatic nitrogens is 1. The minimum absolute atomic E-state index is 0.392. The van der Waals surface area contributed by atoms with Gasteiger partial charge in [-0.05, 0) is 25.5 Å². The zero-order valence-electron chi connectivity index (χ0n) is 10.0. The van der Waals surface area contributed by atoms with E-state index in [2.05, 4.69) is 22.8 Å². The lowest BCUT2D eigenvalue weighted by Gasteiger charge is -2.06. The number of nitrogens with zero attached hydrogens (tertiary/aromatic N) is 1. The lowest BCUT2D eigenvalue weighted by Crippen LogP contribution is -2.24. The van der Waals surface area contributed by atoms with Gasteiger partial charge in [0.05, 0.1) is 11.7 Å². The van der Waals surface area contributed by atoms with E-state index >= 15 is 0 Å². The summed E-state index contributed by atoms with van der Waals surface area (Å²) in [6.45, 7) is 3.09. The van der Waals surface area contributed by atoms with Crippen LogP contribution in [0.15, 0.2) is 24.3 Å². The van der Waals surface area contributed by atoms with Crippen LogP contribution in [0.1, 0.15) is 23.0 Å². The number of thiazole rings is 1. The van der Waals surface area contributed by atoms with Crippen LogP contribution in [0, 0.1) is 6.92 Å². The Bertz CT molecular complexity index is 544. The quantitative estimate of drug-likeness (QED) is 0.886. The van der Waals surface area contributed by atoms with Gasteiger partial charge in [0.1, 0.15) is 5.01 Å². The summed E-state index contributed by atoms with van der Waals surface area (Å²) in [5, 5.41) is 1.82. The summed E-state index contributed by atoms with van der Waals surface area (Å²) in [6, 6.07) is 8.24. The van der Waals surface area contributed by atoms with Crippen molar-refractivity contribution < 1.29 is 0 Å². The van der Waals surface area contributed by atoms with E-state index in [0.29, 0.717) is 6.04 Å². The molecular weight excluding hydrogens is 266 g/mol. The number of hydrogen-bond donors (Lipinski definition) is 2. The molecule has 2 N–H and O–H groups in total. The molecule has 1 aromatic heterocycles. The van der Waals surface area contributed by atoms with Crippen LogP contribution in [0.3, 0.4) is 0 Å². The molecule has 0 amide bonds. The first kappa shape index (κ1) is 12.1. The molecule has 0 saturated carbocycles. The van der Waals surface area contributed by atoms with Gasteiger partial charge in [-0.15, -0.1) is 11.3 Å². The van der Waals surface area contributed by atoms with E-state index in [4.69, 9.17) is 11.6 Å². The Morgan fingerprint density at radius 1 is 1.33 bits per heavy atom. The van der Waals surface area contributed by atoms with Crippen molar-refractivity contribution in [2.75, 3.05) is 6.54 Å². The van der Waals surface area contributed by atoms with Crippen molar-refractivity contribution in [3.63, 3.8) is 0 Å². The van der Waals surface area contributed by atoms with E-state index in [1.165, 1.54) is 4.88 Å². The number of halogens is 1. The summed E-state index contributed by atoms with van der Waals surface area (Å²) in [4.78, 5) is 5.99. The van der Waals surface area contributed by atoms with E-state index in [0.717, 1.165) is 34.3 Å². The molecule has 5 heteroatoms. The van der Waals surface area contributed by atoms with Crippen LogP contribution in [-0.4, -0.2) is 11.5 Å². The van der Waals surface area contributed by atoms with Crippen LogP contribution in [0.2, 0.25) is 5.02 Å². The van der Waals surface area contributed by atoms with Gasteiger partial charge in [-0.2, -0.15) is 0 Å². The van der Waals surface area contributed by atoms with E-state index in [1.54, 1.807) is 11.3 Å². The fourth-order valence-electron chi connectivity index (χ4n) is 2.13. The molecule has 3 rings (SSSR count). The van der Waals surface area contributed by atoms with Crippen LogP contribution < -0.4 is 10.9 Å². The molecule has 0 bridgehead atoms. The molecular formula is C13H14ClN3S. The number of aryl methyl sites for hydroxylation is 1. The first-order chi connectivity index (χ1) is 8.74. The van der Waals surface area contributed by atoms with Gasteiger partial charge in [0.2, 0.25) is 0 Å². The molecule has 1 saturated heterocycles. The SMILES string of the molecule is Cc1nc(-c2ccc(Cl)cc2)sc1C1CCNN1. The second kappa shape index (κ2) is 4.97. The van der Waals surface area contributed by atoms with Crippen LogP contribution in [0.5, 0.6) is 0 Å². The van der Waals surface area contributed by atoms with Gasteiger partial charge >= 0.3 is 0 Å². The number of nitrogens with one attached hydrogen (secondary N) is 2. The average Bonchev–Trinajstić information content (AvgIpc) is 2.99. The molecule has 3 nitrogen and oxygen atoms in total. The van der Waals surface area contributed by atoms with Crippen LogP contribution >= 0.6 is 22.9 Å². The first-order valence-corrected chi connectivity index (χ1v) is 7.15. The maximum Gasteiger partial charge on any atom is 0.123 e. The number of hydrazine groups is 1. The Morgan fingerprint density at radius 3 is 2.78 bits per heavy atom. The fourth-order valence-corrected chi connectivity index (χ4v) is 3.41. The van der Waals surface area contributed by atoms with E-state index in [1.807, 2.05) is 24.3 Å². The van der Waals surface area contributed by atoms with Gasteiger partial charge in [0.25, 0.3) is 0 Å². The van der Waals surface area contributed by atoms with Crippen LogP contribution in [0.25, 0.3) is 10.6 Å². The normalized spacial score (nSPS) is 19.3. The highest BCUT2D eigenvalue weighted by Crippen LogP contribution is 2.34. The van der Waals surface area contributed by atoms with Crippen LogP contribution in [-0.2, 0) is 0 Å². The zero-order chi connectivity index (χ0) is 12.5. The standard InChI is InChI=1S/C13H14ClN3S/c1-8-12(11-6-7-15-17-11)18-13(16-8)9-2-4-10(14)5-3-9/h2-5,11,15,17H,6-7H2,1H3. The Kier molecular flexibility index (Phi) is 3.35. The maximum absolute atomic E-state index is 5.90. The number of rotatable bonds is 2. The lowest BCUT2D eigenvalue weighted by atomic mass is 10.2. The molecule has 1 unspecified atom stereocenters. The second-order valence-corrected chi connectivity index (χ2v) is 5.86.